The maximum atomic E-state index is 15.1. The Balaban J connectivity index is 2.28. The number of nitriles is 1. The number of hydrogen-bond acceptors (Lipinski definition) is 7. The van der Waals surface area contributed by atoms with Crippen molar-refractivity contribution in [2.45, 2.75) is 13.1 Å². The topological polar surface area (TPSA) is 131 Å². The average molecular weight is 581 g/mol. The fraction of sp³-hybridized carbons (Fsp3) is 0.200. The predicted molar refractivity (Wildman–Crippen MR) is 136 cm³/mol. The molecule has 0 atom stereocenters. The Labute approximate surface area is 224 Å². The number of carbonyl (C=O) groups excluding carboxylic acids is 1. The van der Waals surface area contributed by atoms with Crippen molar-refractivity contribution in [2.75, 3.05) is 17.2 Å². The second-order valence-corrected chi connectivity index (χ2v) is 10.2. The van der Waals surface area contributed by atoms with Gasteiger partial charge >= 0.3 is 11.9 Å². The SMILES string of the molecule is CCS(=O)(=O)N(C(=O)/C=C/c1cccc(OC)c1)c1cc(-n2c(=O)cc(C(F)(F)F)n(C)c2=O)c(F)cc1C#N. The Hall–Kier alpha value is -4.71. The van der Waals surface area contributed by atoms with Crippen LogP contribution < -0.4 is 20.3 Å². The fourth-order valence-electron chi connectivity index (χ4n) is 3.61. The zero-order chi connectivity index (χ0) is 30.0. The van der Waals surface area contributed by atoms with E-state index in [9.17, 15) is 41.2 Å². The third-order valence-electron chi connectivity index (χ3n) is 5.61. The van der Waals surface area contributed by atoms with Crippen molar-refractivity contribution in [2.24, 2.45) is 7.05 Å². The average Bonchev–Trinajstić information content (AvgIpc) is 2.90. The molecular formula is C25H20F4N4O6S. The van der Waals surface area contributed by atoms with Crippen LogP contribution in [0.25, 0.3) is 11.8 Å². The van der Waals surface area contributed by atoms with Crippen molar-refractivity contribution < 1.29 is 35.5 Å². The van der Waals surface area contributed by atoms with Gasteiger partial charge in [0.15, 0.2) is 0 Å². The van der Waals surface area contributed by atoms with Crippen molar-refractivity contribution in [3.63, 3.8) is 0 Å². The summed E-state index contributed by atoms with van der Waals surface area (Å²) in [6.45, 7) is 1.19. The molecule has 1 heterocycles. The van der Waals surface area contributed by atoms with E-state index in [1.165, 1.54) is 26.2 Å². The van der Waals surface area contributed by atoms with Gasteiger partial charge in [-0.25, -0.2) is 26.5 Å². The van der Waals surface area contributed by atoms with Gasteiger partial charge in [-0.15, -0.1) is 0 Å². The van der Waals surface area contributed by atoms with E-state index < -0.39 is 67.6 Å². The highest BCUT2D eigenvalue weighted by Gasteiger charge is 2.36. The molecule has 0 fully saturated rings. The predicted octanol–water partition coefficient (Wildman–Crippen LogP) is 2.97. The Kier molecular flexibility index (Phi) is 8.34. The van der Waals surface area contributed by atoms with Gasteiger partial charge in [-0.05, 0) is 42.8 Å². The number of alkyl halides is 3. The maximum Gasteiger partial charge on any atom is 0.431 e. The number of methoxy groups -OCH3 is 1. The largest absolute Gasteiger partial charge is 0.497 e. The van der Waals surface area contributed by atoms with Gasteiger partial charge in [-0.2, -0.15) is 18.4 Å². The minimum absolute atomic E-state index is 0.0303. The number of sulfonamides is 1. The van der Waals surface area contributed by atoms with Crippen LogP contribution in [0, 0.1) is 17.1 Å². The molecule has 210 valence electrons. The Morgan fingerprint density at radius 1 is 1.18 bits per heavy atom. The fourth-order valence-corrected chi connectivity index (χ4v) is 4.66. The summed E-state index contributed by atoms with van der Waals surface area (Å²) >= 11 is 0. The molecule has 15 heteroatoms. The number of amides is 1. The van der Waals surface area contributed by atoms with Gasteiger partial charge in [0.2, 0.25) is 10.0 Å². The molecule has 0 bridgehead atoms. The number of ether oxygens (including phenoxy) is 1. The molecule has 40 heavy (non-hydrogen) atoms. The number of halogens is 4. The zero-order valence-corrected chi connectivity index (χ0v) is 21.9. The highest BCUT2D eigenvalue weighted by atomic mass is 32.2. The standard InChI is InChI=1S/C25H20F4N4O6S/c1-4-40(37,38)33(22(34)9-8-15-6-5-7-17(10-15)39-3)19-12-20(18(26)11-16(19)14-30)32-23(35)13-21(25(27,28)29)31(2)24(32)36/h5-13H,4H2,1-3H3/b9-8+. The van der Waals surface area contributed by atoms with Crippen LogP contribution in [0.2, 0.25) is 0 Å². The molecule has 0 aliphatic carbocycles. The normalized spacial score (nSPS) is 11.8. The van der Waals surface area contributed by atoms with Crippen LogP contribution in [0.15, 0.2) is 58.1 Å². The monoisotopic (exact) mass is 580 g/mol. The van der Waals surface area contributed by atoms with E-state index in [0.29, 0.717) is 30.5 Å². The maximum absolute atomic E-state index is 15.1. The smallest absolute Gasteiger partial charge is 0.431 e. The Morgan fingerprint density at radius 3 is 2.42 bits per heavy atom. The highest BCUT2D eigenvalue weighted by Crippen LogP contribution is 2.30. The summed E-state index contributed by atoms with van der Waals surface area (Å²) in [6.07, 6.45) is -2.99. The third kappa shape index (κ3) is 5.81. The van der Waals surface area contributed by atoms with E-state index >= 15 is 4.39 Å². The number of aromatic nitrogens is 2. The lowest BCUT2D eigenvalue weighted by molar-refractivity contribution is -0.144. The van der Waals surface area contributed by atoms with Crippen LogP contribution in [0.5, 0.6) is 5.75 Å². The molecule has 3 rings (SSSR count). The molecule has 0 aliphatic rings. The summed E-state index contributed by atoms with van der Waals surface area (Å²) in [5.41, 5.74) is -6.74. The van der Waals surface area contributed by atoms with Gasteiger partial charge in [-0.3, -0.25) is 14.2 Å². The molecule has 0 aliphatic heterocycles. The van der Waals surface area contributed by atoms with Gasteiger partial charge in [0, 0.05) is 19.2 Å². The van der Waals surface area contributed by atoms with E-state index in [4.69, 9.17) is 4.74 Å². The molecular weight excluding hydrogens is 560 g/mol. The quantitative estimate of drug-likeness (QED) is 0.310. The first-order chi connectivity index (χ1) is 18.7. The lowest BCUT2D eigenvalue weighted by Gasteiger charge is -2.23. The van der Waals surface area contributed by atoms with Crippen molar-refractivity contribution in [3.05, 3.63) is 92.0 Å². The first-order valence-corrected chi connectivity index (χ1v) is 12.8. The van der Waals surface area contributed by atoms with Crippen LogP contribution in [0.4, 0.5) is 23.2 Å². The van der Waals surface area contributed by atoms with Crippen molar-refractivity contribution in [1.29, 1.82) is 5.26 Å². The molecule has 0 unspecified atom stereocenters. The summed E-state index contributed by atoms with van der Waals surface area (Å²) in [4.78, 5) is 38.4. The summed E-state index contributed by atoms with van der Waals surface area (Å²) in [5.74, 6) is -2.84. The molecule has 0 saturated heterocycles. The lowest BCUT2D eigenvalue weighted by Crippen LogP contribution is -2.41. The molecule has 3 aromatic rings. The van der Waals surface area contributed by atoms with E-state index in [1.54, 1.807) is 24.3 Å². The summed E-state index contributed by atoms with van der Waals surface area (Å²) in [7, 11) is -2.40. The van der Waals surface area contributed by atoms with E-state index in [0.717, 1.165) is 6.08 Å². The number of benzene rings is 2. The second kappa shape index (κ2) is 11.2. The van der Waals surface area contributed by atoms with E-state index in [-0.39, 0.29) is 19.5 Å². The first kappa shape index (κ1) is 29.8. The minimum Gasteiger partial charge on any atom is -0.497 e. The van der Waals surface area contributed by atoms with Crippen molar-refractivity contribution in [3.8, 4) is 17.5 Å². The van der Waals surface area contributed by atoms with Crippen molar-refractivity contribution in [1.82, 2.24) is 9.13 Å². The third-order valence-corrected chi connectivity index (χ3v) is 7.27. The first-order valence-electron chi connectivity index (χ1n) is 11.2. The summed E-state index contributed by atoms with van der Waals surface area (Å²) in [5, 5.41) is 9.58. The Morgan fingerprint density at radius 2 is 1.85 bits per heavy atom. The Bertz CT molecular complexity index is 1790. The van der Waals surface area contributed by atoms with Crippen LogP contribution in [0.1, 0.15) is 23.7 Å². The number of anilines is 1. The number of hydrogen-bond donors (Lipinski definition) is 0. The summed E-state index contributed by atoms with van der Waals surface area (Å²) < 4.78 is 86.1. The van der Waals surface area contributed by atoms with E-state index in [1.807, 2.05) is 0 Å². The van der Waals surface area contributed by atoms with Gasteiger partial charge in [0.1, 0.15) is 23.3 Å². The zero-order valence-electron chi connectivity index (χ0n) is 21.1. The highest BCUT2D eigenvalue weighted by molar-refractivity contribution is 7.93. The van der Waals surface area contributed by atoms with Gasteiger partial charge in [0.05, 0.1) is 29.8 Å². The molecule has 1 aromatic heterocycles. The molecule has 1 amide bonds. The van der Waals surface area contributed by atoms with Gasteiger partial charge < -0.3 is 4.74 Å². The van der Waals surface area contributed by atoms with Gasteiger partial charge in [0.25, 0.3) is 11.5 Å². The van der Waals surface area contributed by atoms with Crippen LogP contribution >= 0.6 is 0 Å². The second-order valence-electron chi connectivity index (χ2n) is 8.09. The molecule has 0 spiro atoms. The van der Waals surface area contributed by atoms with Crippen LogP contribution in [0.3, 0.4) is 0 Å². The van der Waals surface area contributed by atoms with E-state index in [2.05, 4.69) is 0 Å². The van der Waals surface area contributed by atoms with Crippen LogP contribution in [-0.2, 0) is 28.0 Å². The van der Waals surface area contributed by atoms with Crippen LogP contribution in [-0.4, -0.2) is 36.3 Å². The molecule has 0 N–H and O–H groups in total. The molecule has 2 aromatic carbocycles. The minimum atomic E-state index is -5.09. The lowest BCUT2D eigenvalue weighted by atomic mass is 10.1. The molecule has 10 nitrogen and oxygen atoms in total. The molecule has 0 saturated carbocycles. The van der Waals surface area contributed by atoms with Crippen molar-refractivity contribution >= 4 is 27.7 Å². The number of rotatable bonds is 7. The summed E-state index contributed by atoms with van der Waals surface area (Å²) in [6, 6.07) is 8.97. The molecule has 0 radical (unpaired) electrons. The number of nitrogens with zero attached hydrogens (tertiary/aromatic N) is 4. The number of carbonyl (C=O) groups is 1. The van der Waals surface area contributed by atoms with Gasteiger partial charge in [-0.1, -0.05) is 12.1 Å².